The van der Waals surface area contributed by atoms with Crippen molar-refractivity contribution in [3.63, 3.8) is 0 Å². The third kappa shape index (κ3) is 4.68. The Bertz CT molecular complexity index is 499. The van der Waals surface area contributed by atoms with Gasteiger partial charge >= 0.3 is 5.97 Å². The Kier molecular flexibility index (Phi) is 6.16. The zero-order chi connectivity index (χ0) is 16.2. The van der Waals surface area contributed by atoms with Crippen LogP contribution in [0.4, 0.5) is 0 Å². The van der Waals surface area contributed by atoms with E-state index in [0.717, 1.165) is 17.0 Å². The van der Waals surface area contributed by atoms with Gasteiger partial charge in [0, 0.05) is 16.6 Å². The first-order valence-corrected chi connectivity index (χ1v) is 8.04. The van der Waals surface area contributed by atoms with Gasteiger partial charge in [-0.1, -0.05) is 25.6 Å². The number of carbonyl (C=O) groups is 1. The number of hydrogen-bond acceptors (Lipinski definition) is 5. The predicted molar refractivity (Wildman–Crippen MR) is 85.9 cm³/mol. The van der Waals surface area contributed by atoms with E-state index in [-0.39, 0.29) is 5.25 Å². The molecule has 0 radical (unpaired) electrons. The van der Waals surface area contributed by atoms with Crippen LogP contribution in [-0.4, -0.2) is 38.4 Å². The van der Waals surface area contributed by atoms with Crippen molar-refractivity contribution in [2.24, 2.45) is 0 Å². The highest BCUT2D eigenvalue weighted by Crippen LogP contribution is 2.27. The fourth-order valence-electron chi connectivity index (χ4n) is 2.22. The summed E-state index contributed by atoms with van der Waals surface area (Å²) in [5.74, 6) is -0.825. The lowest BCUT2D eigenvalue weighted by atomic mass is 9.96. The molecule has 2 N–H and O–H groups in total. The van der Waals surface area contributed by atoms with Crippen molar-refractivity contribution in [2.45, 2.75) is 63.9 Å². The molecular formula is C15H25N3O2S. The molecule has 0 bridgehead atoms. The smallest absolute Gasteiger partial charge is 0.323 e. The lowest BCUT2D eigenvalue weighted by Crippen LogP contribution is -2.50. The van der Waals surface area contributed by atoms with Gasteiger partial charge in [0.25, 0.3) is 0 Å². The molecule has 0 aliphatic carbocycles. The summed E-state index contributed by atoms with van der Waals surface area (Å²) >= 11 is 1.53. The first kappa shape index (κ1) is 17.9. The van der Waals surface area contributed by atoms with Crippen molar-refractivity contribution in [1.82, 2.24) is 15.3 Å². The summed E-state index contributed by atoms with van der Waals surface area (Å²) < 4.78 is 0. The van der Waals surface area contributed by atoms with Crippen molar-refractivity contribution < 1.29 is 9.90 Å². The summed E-state index contributed by atoms with van der Waals surface area (Å²) in [5.41, 5.74) is 2.14. The predicted octanol–water partition coefficient (Wildman–Crippen LogP) is 2.73. The van der Waals surface area contributed by atoms with E-state index < -0.39 is 11.5 Å². The van der Waals surface area contributed by atoms with Gasteiger partial charge in [-0.2, -0.15) is 0 Å². The van der Waals surface area contributed by atoms with Gasteiger partial charge in [0.2, 0.25) is 0 Å². The molecule has 118 valence electrons. The second-order valence-corrected chi connectivity index (χ2v) is 7.01. The first-order chi connectivity index (χ1) is 9.69. The number of aromatic nitrogens is 2. The minimum atomic E-state index is -0.921. The molecule has 0 aliphatic heterocycles. The van der Waals surface area contributed by atoms with Crippen LogP contribution in [0, 0.1) is 20.8 Å². The molecule has 0 amide bonds. The summed E-state index contributed by atoms with van der Waals surface area (Å²) in [6, 6.07) is 0. The second-order valence-electron chi connectivity index (χ2n) is 5.60. The molecular weight excluding hydrogens is 286 g/mol. The fourth-order valence-corrected chi connectivity index (χ4v) is 3.37. The van der Waals surface area contributed by atoms with Gasteiger partial charge in [-0.15, -0.1) is 0 Å². The highest BCUT2D eigenvalue weighted by Gasteiger charge is 2.34. The van der Waals surface area contributed by atoms with Crippen LogP contribution in [-0.2, 0) is 4.79 Å². The number of rotatable bonds is 7. The van der Waals surface area contributed by atoms with Crippen LogP contribution in [0.3, 0.4) is 0 Å². The molecule has 2 unspecified atom stereocenters. The number of thioether (sulfide) groups is 1. The third-order valence-corrected chi connectivity index (χ3v) is 4.62. The molecule has 0 saturated carbocycles. The standard InChI is InChI=1S/C15H25N3O2S/c1-7-16-15(6,13(19)20)8-9(2)21-14-17-11(4)10(3)12(5)18-14/h9,16H,7-8H2,1-6H3,(H,19,20). The Balaban J connectivity index is 2.81. The normalized spacial score (nSPS) is 15.5. The van der Waals surface area contributed by atoms with Crippen molar-refractivity contribution in [3.05, 3.63) is 17.0 Å². The largest absolute Gasteiger partial charge is 0.480 e. The highest BCUT2D eigenvalue weighted by atomic mass is 32.2. The molecule has 5 nitrogen and oxygen atoms in total. The number of aliphatic carboxylic acids is 1. The van der Waals surface area contributed by atoms with E-state index in [1.807, 2.05) is 34.6 Å². The van der Waals surface area contributed by atoms with Crippen LogP contribution in [0.25, 0.3) is 0 Å². The lowest BCUT2D eigenvalue weighted by Gasteiger charge is -2.28. The first-order valence-electron chi connectivity index (χ1n) is 7.16. The second kappa shape index (κ2) is 7.22. The van der Waals surface area contributed by atoms with E-state index in [2.05, 4.69) is 15.3 Å². The highest BCUT2D eigenvalue weighted by molar-refractivity contribution is 7.99. The minimum absolute atomic E-state index is 0.103. The molecule has 0 saturated heterocycles. The maximum absolute atomic E-state index is 11.4. The number of carboxylic acid groups (broad SMARTS) is 1. The fraction of sp³-hybridized carbons (Fsp3) is 0.667. The number of carboxylic acids is 1. The summed E-state index contributed by atoms with van der Waals surface area (Å²) in [4.78, 5) is 20.4. The van der Waals surface area contributed by atoms with Crippen molar-refractivity contribution in [1.29, 1.82) is 0 Å². The number of aryl methyl sites for hydroxylation is 2. The lowest BCUT2D eigenvalue weighted by molar-refractivity contribution is -0.144. The molecule has 1 heterocycles. The van der Waals surface area contributed by atoms with Crippen molar-refractivity contribution in [3.8, 4) is 0 Å². The molecule has 0 spiro atoms. The Morgan fingerprint density at radius 1 is 1.33 bits per heavy atom. The maximum atomic E-state index is 11.4. The topological polar surface area (TPSA) is 75.1 Å². The van der Waals surface area contributed by atoms with E-state index in [1.54, 1.807) is 6.92 Å². The van der Waals surface area contributed by atoms with E-state index in [0.29, 0.717) is 18.1 Å². The van der Waals surface area contributed by atoms with Crippen LogP contribution >= 0.6 is 11.8 Å². The van der Waals surface area contributed by atoms with Crippen molar-refractivity contribution in [2.75, 3.05) is 6.54 Å². The van der Waals surface area contributed by atoms with Crippen LogP contribution in [0.5, 0.6) is 0 Å². The van der Waals surface area contributed by atoms with Gasteiger partial charge in [-0.3, -0.25) is 4.79 Å². The molecule has 0 aromatic carbocycles. The molecule has 0 aliphatic rings. The van der Waals surface area contributed by atoms with E-state index in [1.165, 1.54) is 11.8 Å². The van der Waals surface area contributed by atoms with Crippen LogP contribution in [0.2, 0.25) is 0 Å². The van der Waals surface area contributed by atoms with Crippen LogP contribution in [0.1, 0.15) is 44.1 Å². The summed E-state index contributed by atoms with van der Waals surface area (Å²) in [7, 11) is 0. The molecule has 1 aromatic rings. The Morgan fingerprint density at radius 3 is 2.29 bits per heavy atom. The summed E-state index contributed by atoms with van der Waals surface area (Å²) in [6.45, 7) is 12.2. The zero-order valence-corrected chi connectivity index (χ0v) is 14.5. The van der Waals surface area contributed by atoms with E-state index >= 15 is 0 Å². The van der Waals surface area contributed by atoms with Crippen LogP contribution in [0.15, 0.2) is 5.16 Å². The van der Waals surface area contributed by atoms with Gasteiger partial charge in [-0.05, 0) is 46.2 Å². The zero-order valence-electron chi connectivity index (χ0n) is 13.6. The Morgan fingerprint density at radius 2 is 1.86 bits per heavy atom. The maximum Gasteiger partial charge on any atom is 0.323 e. The third-order valence-electron chi connectivity index (χ3n) is 3.65. The molecule has 0 fully saturated rings. The Labute approximate surface area is 131 Å². The molecule has 6 heteroatoms. The Hall–Kier alpha value is -1.14. The summed E-state index contributed by atoms with van der Waals surface area (Å²) in [5, 5.41) is 13.3. The number of nitrogens with zero attached hydrogens (tertiary/aromatic N) is 2. The number of hydrogen-bond donors (Lipinski definition) is 2. The van der Waals surface area contributed by atoms with Gasteiger partial charge in [0.05, 0.1) is 0 Å². The number of nitrogens with one attached hydrogen (secondary N) is 1. The average Bonchev–Trinajstić information content (AvgIpc) is 2.35. The van der Waals surface area contributed by atoms with Gasteiger partial charge in [-0.25, -0.2) is 9.97 Å². The molecule has 1 rings (SSSR count). The van der Waals surface area contributed by atoms with Gasteiger partial charge < -0.3 is 10.4 Å². The molecule has 1 aromatic heterocycles. The van der Waals surface area contributed by atoms with Crippen molar-refractivity contribution >= 4 is 17.7 Å². The molecule has 21 heavy (non-hydrogen) atoms. The van der Waals surface area contributed by atoms with E-state index in [4.69, 9.17) is 0 Å². The summed E-state index contributed by atoms with van der Waals surface area (Å²) in [6.07, 6.45) is 0.510. The monoisotopic (exact) mass is 311 g/mol. The molecule has 2 atom stereocenters. The van der Waals surface area contributed by atoms with E-state index in [9.17, 15) is 9.90 Å². The van der Waals surface area contributed by atoms with Gasteiger partial charge in [0.15, 0.2) is 5.16 Å². The quantitative estimate of drug-likeness (QED) is 0.596. The number of likely N-dealkylation sites (N-methyl/N-ethyl adjacent to an activating group) is 1. The average molecular weight is 311 g/mol. The SMILES string of the molecule is CCNC(C)(CC(C)Sc1nc(C)c(C)c(C)n1)C(=O)O. The van der Waals surface area contributed by atoms with Crippen LogP contribution < -0.4 is 5.32 Å². The van der Waals surface area contributed by atoms with Gasteiger partial charge in [0.1, 0.15) is 5.54 Å². The minimum Gasteiger partial charge on any atom is -0.480 e.